The van der Waals surface area contributed by atoms with Crippen molar-refractivity contribution >= 4 is 33.1 Å². The molecule has 2 aliphatic rings. The summed E-state index contributed by atoms with van der Waals surface area (Å²) in [5.74, 6) is 0.588. The van der Waals surface area contributed by atoms with Crippen LogP contribution in [0.25, 0.3) is 38.9 Å². The predicted molar refractivity (Wildman–Crippen MR) is 150 cm³/mol. The van der Waals surface area contributed by atoms with E-state index in [1.54, 1.807) is 0 Å². The summed E-state index contributed by atoms with van der Waals surface area (Å²) in [5, 5.41) is 12.7. The molecule has 3 aromatic heterocycles. The summed E-state index contributed by atoms with van der Waals surface area (Å²) < 4.78 is 15.8. The lowest BCUT2D eigenvalue weighted by Crippen LogP contribution is -2.50. The molecule has 0 aliphatic carbocycles. The molecule has 2 aliphatic heterocycles. The van der Waals surface area contributed by atoms with E-state index in [1.807, 2.05) is 55.1 Å². The van der Waals surface area contributed by atoms with Gasteiger partial charge in [0.15, 0.2) is 0 Å². The number of pyridine rings is 2. The number of hydrogen-bond acceptors (Lipinski definition) is 5. The average Bonchev–Trinajstić information content (AvgIpc) is 3.32. The third kappa shape index (κ3) is 3.93. The zero-order chi connectivity index (χ0) is 25.5. The van der Waals surface area contributed by atoms with Crippen LogP contribution < -0.4 is 16.0 Å². The second-order valence-corrected chi connectivity index (χ2v) is 9.48. The fraction of sp³-hybridized carbons (Fsp3) is 0.0968. The molecule has 38 heavy (non-hydrogen) atoms. The number of nitrogens with zero attached hydrogens (tertiary/aromatic N) is 3. The minimum absolute atomic E-state index is 0.0106. The highest BCUT2D eigenvalue weighted by molar-refractivity contribution is 6.08. The van der Waals surface area contributed by atoms with Gasteiger partial charge in [0.1, 0.15) is 11.6 Å². The van der Waals surface area contributed by atoms with Crippen LogP contribution in [0.5, 0.6) is 0 Å². The first-order valence-corrected chi connectivity index (χ1v) is 12.6. The number of allylic oxidation sites excluding steroid dienone is 2. The van der Waals surface area contributed by atoms with Gasteiger partial charge in [-0.05, 0) is 65.9 Å². The molecule has 7 heteroatoms. The van der Waals surface area contributed by atoms with Gasteiger partial charge in [-0.2, -0.15) is 0 Å². The molecule has 0 fully saturated rings. The molecule has 0 bridgehead atoms. The molecule has 5 aromatic rings. The summed E-state index contributed by atoms with van der Waals surface area (Å²) in [7, 11) is 0. The Morgan fingerprint density at radius 2 is 1.68 bits per heavy atom. The van der Waals surface area contributed by atoms with E-state index in [4.69, 9.17) is 4.98 Å². The van der Waals surface area contributed by atoms with E-state index in [-0.39, 0.29) is 17.9 Å². The molecule has 0 spiro atoms. The zero-order valence-corrected chi connectivity index (χ0v) is 20.5. The Morgan fingerprint density at radius 1 is 0.842 bits per heavy atom. The topological polar surface area (TPSA) is 66.8 Å². The minimum Gasteiger partial charge on any atom is -0.379 e. The number of nitrogens with one attached hydrogen (secondary N) is 3. The first-order valence-electron chi connectivity index (χ1n) is 12.6. The maximum absolute atomic E-state index is 13.6. The van der Waals surface area contributed by atoms with Gasteiger partial charge in [-0.1, -0.05) is 36.4 Å². The lowest BCUT2D eigenvalue weighted by molar-refractivity contribution is 0.482. The van der Waals surface area contributed by atoms with Crippen molar-refractivity contribution in [3.8, 4) is 5.82 Å². The maximum Gasteiger partial charge on any atom is 0.137 e. The van der Waals surface area contributed by atoms with Gasteiger partial charge in [-0.25, -0.2) is 9.37 Å². The summed E-state index contributed by atoms with van der Waals surface area (Å²) in [6.45, 7) is 0.696. The summed E-state index contributed by atoms with van der Waals surface area (Å²) in [6.07, 6.45) is 14.0. The number of benzene rings is 2. The monoisotopic (exact) mass is 500 g/mol. The lowest BCUT2D eigenvalue weighted by Gasteiger charge is -2.32. The van der Waals surface area contributed by atoms with Gasteiger partial charge in [0.2, 0.25) is 0 Å². The van der Waals surface area contributed by atoms with E-state index in [0.29, 0.717) is 6.67 Å². The number of hydrogen-bond donors (Lipinski definition) is 3. The van der Waals surface area contributed by atoms with Gasteiger partial charge in [0.05, 0.1) is 36.0 Å². The number of rotatable bonds is 4. The van der Waals surface area contributed by atoms with Gasteiger partial charge in [0, 0.05) is 34.4 Å². The third-order valence-electron chi connectivity index (χ3n) is 7.17. The molecule has 2 atom stereocenters. The SMILES string of the molecule is Fc1ccc(C2=CC(C3C=CNCN3)NC(c3ccc(-n4c5ccccc5c5ccncc54)nc3)=C2)cc1. The van der Waals surface area contributed by atoms with E-state index in [0.717, 1.165) is 44.6 Å². The van der Waals surface area contributed by atoms with Crippen LogP contribution in [0.3, 0.4) is 0 Å². The Balaban J connectivity index is 1.28. The molecular formula is C31H25FN6. The van der Waals surface area contributed by atoms with Crippen LogP contribution in [0.15, 0.2) is 110 Å². The second kappa shape index (κ2) is 9.28. The molecule has 5 heterocycles. The van der Waals surface area contributed by atoms with Crippen molar-refractivity contribution in [1.29, 1.82) is 0 Å². The second-order valence-electron chi connectivity index (χ2n) is 9.48. The van der Waals surface area contributed by atoms with Gasteiger partial charge in [-0.3, -0.25) is 14.9 Å². The number of fused-ring (bicyclic) bond motifs is 3. The first-order chi connectivity index (χ1) is 18.7. The van der Waals surface area contributed by atoms with Gasteiger partial charge in [-0.15, -0.1) is 0 Å². The van der Waals surface area contributed by atoms with E-state index in [9.17, 15) is 4.39 Å². The molecule has 0 saturated heterocycles. The van der Waals surface area contributed by atoms with Crippen LogP contribution in [0.4, 0.5) is 4.39 Å². The number of para-hydroxylation sites is 1. The summed E-state index contributed by atoms with van der Waals surface area (Å²) >= 11 is 0. The Morgan fingerprint density at radius 3 is 2.50 bits per heavy atom. The Labute approximate surface area is 219 Å². The highest BCUT2D eigenvalue weighted by atomic mass is 19.1. The highest BCUT2D eigenvalue weighted by Gasteiger charge is 2.24. The van der Waals surface area contributed by atoms with Crippen molar-refractivity contribution in [1.82, 2.24) is 30.5 Å². The van der Waals surface area contributed by atoms with Gasteiger partial charge < -0.3 is 10.6 Å². The van der Waals surface area contributed by atoms with Crippen molar-refractivity contribution in [2.75, 3.05) is 6.67 Å². The first kappa shape index (κ1) is 22.4. The van der Waals surface area contributed by atoms with Crippen molar-refractivity contribution in [2.45, 2.75) is 12.1 Å². The fourth-order valence-corrected chi connectivity index (χ4v) is 5.31. The third-order valence-corrected chi connectivity index (χ3v) is 7.17. The minimum atomic E-state index is -0.243. The molecule has 2 unspecified atom stereocenters. The Hall–Kier alpha value is -4.75. The van der Waals surface area contributed by atoms with E-state index >= 15 is 0 Å². The number of aromatic nitrogens is 3. The van der Waals surface area contributed by atoms with Crippen molar-refractivity contribution < 1.29 is 4.39 Å². The molecule has 3 N–H and O–H groups in total. The summed E-state index contributed by atoms with van der Waals surface area (Å²) in [6, 6.07) is 21.3. The van der Waals surface area contributed by atoms with Crippen LogP contribution in [0.1, 0.15) is 11.1 Å². The van der Waals surface area contributed by atoms with Crippen LogP contribution in [-0.4, -0.2) is 33.3 Å². The van der Waals surface area contributed by atoms with E-state index in [1.165, 1.54) is 17.5 Å². The summed E-state index contributed by atoms with van der Waals surface area (Å²) in [5.41, 5.74) is 6.06. The smallest absolute Gasteiger partial charge is 0.137 e. The van der Waals surface area contributed by atoms with Crippen molar-refractivity contribution in [3.63, 3.8) is 0 Å². The normalized spacial score (nSPS) is 19.1. The molecule has 6 nitrogen and oxygen atoms in total. The maximum atomic E-state index is 13.6. The summed E-state index contributed by atoms with van der Waals surface area (Å²) in [4.78, 5) is 9.26. The fourth-order valence-electron chi connectivity index (χ4n) is 5.31. The largest absolute Gasteiger partial charge is 0.379 e. The molecular weight excluding hydrogens is 475 g/mol. The highest BCUT2D eigenvalue weighted by Crippen LogP contribution is 2.32. The molecule has 0 amide bonds. The lowest BCUT2D eigenvalue weighted by atomic mass is 9.93. The van der Waals surface area contributed by atoms with Crippen molar-refractivity contribution in [2.24, 2.45) is 0 Å². The van der Waals surface area contributed by atoms with Crippen molar-refractivity contribution in [3.05, 3.63) is 127 Å². The van der Waals surface area contributed by atoms with E-state index in [2.05, 4.69) is 68.0 Å². The standard InChI is InChI=1S/C31H25FN6/c32-23-8-5-20(6-9-23)22-15-27(37-28(16-22)26-12-14-34-19-36-26)21-7-10-31(35-17-21)38-29-4-2-1-3-24(29)25-11-13-33-18-30(25)38/h1-18,26,28,34,36-37H,19H2. The molecule has 186 valence electrons. The van der Waals surface area contributed by atoms with Gasteiger partial charge in [0.25, 0.3) is 0 Å². The van der Waals surface area contributed by atoms with Crippen LogP contribution in [0, 0.1) is 5.82 Å². The molecule has 0 saturated carbocycles. The Bertz CT molecular complexity index is 1680. The molecule has 0 radical (unpaired) electrons. The van der Waals surface area contributed by atoms with Crippen LogP contribution in [0.2, 0.25) is 0 Å². The predicted octanol–water partition coefficient (Wildman–Crippen LogP) is 5.14. The van der Waals surface area contributed by atoms with Crippen LogP contribution >= 0.6 is 0 Å². The number of halogens is 1. The van der Waals surface area contributed by atoms with Crippen LogP contribution in [-0.2, 0) is 0 Å². The van der Waals surface area contributed by atoms with Gasteiger partial charge >= 0.3 is 0 Å². The average molecular weight is 501 g/mol. The molecule has 7 rings (SSSR count). The number of dihydropyridines is 1. The quantitative estimate of drug-likeness (QED) is 0.319. The molecule has 2 aromatic carbocycles. The Kier molecular flexibility index (Phi) is 5.48. The van der Waals surface area contributed by atoms with E-state index < -0.39 is 0 Å². The zero-order valence-electron chi connectivity index (χ0n) is 20.5.